The Labute approximate surface area is 192 Å². The molecule has 0 spiro atoms. The average Bonchev–Trinajstić information content (AvgIpc) is 3.22. The molecule has 0 bridgehead atoms. The van der Waals surface area contributed by atoms with Gasteiger partial charge in [0.25, 0.3) is 0 Å². The van der Waals surface area contributed by atoms with E-state index in [4.69, 9.17) is 0 Å². The van der Waals surface area contributed by atoms with Crippen LogP contribution in [0.1, 0.15) is 29.2 Å². The number of fused-ring (bicyclic) bond motifs is 1. The zero-order valence-electron chi connectivity index (χ0n) is 18.0. The maximum Gasteiger partial charge on any atom is 0.242 e. The van der Waals surface area contributed by atoms with Crippen molar-refractivity contribution in [2.24, 2.45) is 5.10 Å². The number of aromatic amines is 1. The van der Waals surface area contributed by atoms with Crippen LogP contribution in [0.5, 0.6) is 0 Å². The summed E-state index contributed by atoms with van der Waals surface area (Å²) in [5.74, 6) is -0.411. The molecule has 4 rings (SSSR count). The van der Waals surface area contributed by atoms with Gasteiger partial charge in [0.15, 0.2) is 0 Å². The second kappa shape index (κ2) is 9.81. The number of hydrazone groups is 1. The van der Waals surface area contributed by atoms with Gasteiger partial charge in [0.2, 0.25) is 15.9 Å². The van der Waals surface area contributed by atoms with Gasteiger partial charge in [0.05, 0.1) is 17.2 Å². The number of H-pyrrole nitrogens is 1. The van der Waals surface area contributed by atoms with Crippen molar-refractivity contribution in [1.82, 2.24) is 15.1 Å². The topological polar surface area (TPSA) is 103 Å². The first-order valence-electron chi connectivity index (χ1n) is 10.4. The Morgan fingerprint density at radius 1 is 1.00 bits per heavy atom. The van der Waals surface area contributed by atoms with Gasteiger partial charge >= 0.3 is 0 Å². The average molecular weight is 461 g/mol. The Hall–Kier alpha value is -3.75. The molecule has 1 atom stereocenters. The van der Waals surface area contributed by atoms with Crippen LogP contribution in [0.25, 0.3) is 10.9 Å². The highest BCUT2D eigenvalue weighted by molar-refractivity contribution is 7.89. The number of carbonyl (C=O) groups excluding carboxylic acids is 1. The number of sulfonamides is 1. The van der Waals surface area contributed by atoms with Crippen LogP contribution in [0.3, 0.4) is 0 Å². The Balaban J connectivity index is 1.48. The summed E-state index contributed by atoms with van der Waals surface area (Å²) in [6, 6.07) is 22.6. The lowest BCUT2D eigenvalue weighted by Gasteiger charge is -2.18. The second-order valence-electron chi connectivity index (χ2n) is 7.68. The highest BCUT2D eigenvalue weighted by Crippen LogP contribution is 2.21. The van der Waals surface area contributed by atoms with Crippen molar-refractivity contribution in [3.05, 3.63) is 102 Å². The minimum Gasteiger partial charge on any atom is -0.361 e. The van der Waals surface area contributed by atoms with Crippen molar-refractivity contribution in [1.29, 1.82) is 0 Å². The van der Waals surface area contributed by atoms with Gasteiger partial charge in [-0.3, -0.25) is 4.79 Å². The summed E-state index contributed by atoms with van der Waals surface area (Å²) >= 11 is 0. The van der Waals surface area contributed by atoms with Gasteiger partial charge in [-0.1, -0.05) is 66.2 Å². The molecule has 0 aliphatic carbocycles. The quantitative estimate of drug-likeness (QED) is 0.273. The number of nitrogens with zero attached hydrogens (tertiary/aromatic N) is 1. The number of carbonyl (C=O) groups is 1. The van der Waals surface area contributed by atoms with E-state index in [-0.39, 0.29) is 11.3 Å². The molecule has 33 heavy (non-hydrogen) atoms. The number of nitrogens with one attached hydrogen (secondary N) is 3. The Morgan fingerprint density at radius 2 is 1.70 bits per heavy atom. The van der Waals surface area contributed by atoms with E-state index in [0.717, 1.165) is 22.0 Å². The summed E-state index contributed by atoms with van der Waals surface area (Å²) in [5.41, 5.74) is 5.95. The standard InChI is InChI=1S/C25H24N4O3S/c1-18-11-13-21(14-12-18)33(31,32)29-24(19-7-3-2-4-8-19)15-25(30)28-27-17-20-16-26-23-10-6-5-9-22(20)23/h2-14,16-17,24,26,29H,15H2,1H3,(H,28,30)/b27-17-/t24-/m0/s1. The highest BCUT2D eigenvalue weighted by atomic mass is 32.2. The summed E-state index contributed by atoms with van der Waals surface area (Å²) in [6.45, 7) is 1.89. The molecule has 0 saturated heterocycles. The maximum absolute atomic E-state index is 12.9. The number of aromatic nitrogens is 1. The van der Waals surface area contributed by atoms with Crippen LogP contribution >= 0.6 is 0 Å². The highest BCUT2D eigenvalue weighted by Gasteiger charge is 2.23. The largest absolute Gasteiger partial charge is 0.361 e. The lowest BCUT2D eigenvalue weighted by atomic mass is 10.0. The fourth-order valence-corrected chi connectivity index (χ4v) is 4.72. The fraction of sp³-hybridized carbons (Fsp3) is 0.120. The summed E-state index contributed by atoms with van der Waals surface area (Å²) in [7, 11) is -3.82. The van der Waals surface area contributed by atoms with Crippen LogP contribution in [0.2, 0.25) is 0 Å². The van der Waals surface area contributed by atoms with Crippen LogP contribution in [0.4, 0.5) is 0 Å². The molecule has 3 N–H and O–H groups in total. The Morgan fingerprint density at radius 3 is 2.45 bits per heavy atom. The Kier molecular flexibility index (Phi) is 6.67. The van der Waals surface area contributed by atoms with Crippen molar-refractivity contribution in [2.75, 3.05) is 0 Å². The van der Waals surface area contributed by atoms with Crippen LogP contribution in [-0.4, -0.2) is 25.5 Å². The molecule has 8 heteroatoms. The van der Waals surface area contributed by atoms with Crippen LogP contribution in [-0.2, 0) is 14.8 Å². The van der Waals surface area contributed by atoms with E-state index in [1.807, 2.05) is 43.5 Å². The van der Waals surface area contributed by atoms with Gasteiger partial charge in [0, 0.05) is 29.1 Å². The second-order valence-corrected chi connectivity index (χ2v) is 9.40. The minimum absolute atomic E-state index is 0.111. The normalized spacial score (nSPS) is 12.8. The molecular formula is C25H24N4O3S. The number of hydrogen-bond acceptors (Lipinski definition) is 4. The van der Waals surface area contributed by atoms with Gasteiger partial charge in [0.1, 0.15) is 0 Å². The maximum atomic E-state index is 12.9. The van der Waals surface area contributed by atoms with Crippen molar-refractivity contribution < 1.29 is 13.2 Å². The molecule has 1 amide bonds. The molecule has 4 aromatic rings. The molecule has 3 aromatic carbocycles. The zero-order chi connectivity index (χ0) is 23.3. The smallest absolute Gasteiger partial charge is 0.242 e. The van der Waals surface area contributed by atoms with Gasteiger partial charge in [-0.2, -0.15) is 5.10 Å². The number of amides is 1. The van der Waals surface area contributed by atoms with E-state index in [1.165, 1.54) is 0 Å². The minimum atomic E-state index is -3.82. The van der Waals surface area contributed by atoms with Crippen molar-refractivity contribution in [3.63, 3.8) is 0 Å². The molecule has 0 radical (unpaired) electrons. The Bertz CT molecular complexity index is 1380. The molecule has 0 aliphatic heterocycles. The summed E-state index contributed by atoms with van der Waals surface area (Å²) < 4.78 is 28.5. The third-order valence-electron chi connectivity index (χ3n) is 5.23. The summed E-state index contributed by atoms with van der Waals surface area (Å²) in [5, 5.41) is 5.04. The summed E-state index contributed by atoms with van der Waals surface area (Å²) in [4.78, 5) is 15.9. The van der Waals surface area contributed by atoms with Crippen molar-refractivity contribution in [3.8, 4) is 0 Å². The number of rotatable bonds is 8. The van der Waals surface area contributed by atoms with Gasteiger partial charge in [-0.25, -0.2) is 18.6 Å². The predicted octanol–water partition coefficient (Wildman–Crippen LogP) is 4.04. The first-order chi connectivity index (χ1) is 15.9. The van der Waals surface area contributed by atoms with Crippen LogP contribution < -0.4 is 10.1 Å². The summed E-state index contributed by atoms with van der Waals surface area (Å²) in [6.07, 6.45) is 3.26. The van der Waals surface area contributed by atoms with Crippen molar-refractivity contribution in [2.45, 2.75) is 24.3 Å². The lowest BCUT2D eigenvalue weighted by Crippen LogP contribution is -2.32. The van der Waals surface area contributed by atoms with E-state index in [9.17, 15) is 13.2 Å². The molecule has 0 fully saturated rings. The predicted molar refractivity (Wildman–Crippen MR) is 129 cm³/mol. The third kappa shape index (κ3) is 5.54. The van der Waals surface area contributed by atoms with Crippen LogP contribution in [0.15, 0.2) is 95.1 Å². The first-order valence-corrected chi connectivity index (χ1v) is 11.9. The number of para-hydroxylation sites is 1. The van der Waals surface area contributed by atoms with E-state index in [0.29, 0.717) is 5.56 Å². The van der Waals surface area contributed by atoms with E-state index >= 15 is 0 Å². The lowest BCUT2D eigenvalue weighted by molar-refractivity contribution is -0.121. The number of hydrogen-bond donors (Lipinski definition) is 3. The third-order valence-corrected chi connectivity index (χ3v) is 6.72. The van der Waals surface area contributed by atoms with E-state index in [2.05, 4.69) is 20.2 Å². The van der Waals surface area contributed by atoms with Gasteiger partial charge in [-0.15, -0.1) is 0 Å². The zero-order valence-corrected chi connectivity index (χ0v) is 18.8. The number of aryl methyl sites for hydroxylation is 1. The van der Waals surface area contributed by atoms with Crippen molar-refractivity contribution >= 4 is 33.0 Å². The van der Waals surface area contributed by atoms with Gasteiger partial charge < -0.3 is 4.98 Å². The monoisotopic (exact) mass is 460 g/mol. The number of benzene rings is 3. The molecule has 1 aromatic heterocycles. The molecular weight excluding hydrogens is 436 g/mol. The van der Waals surface area contributed by atoms with E-state index in [1.54, 1.807) is 54.7 Å². The molecule has 0 aliphatic rings. The molecule has 1 heterocycles. The van der Waals surface area contributed by atoms with E-state index < -0.39 is 22.0 Å². The molecule has 7 nitrogen and oxygen atoms in total. The molecule has 0 unspecified atom stereocenters. The first kappa shape index (κ1) is 22.4. The SMILES string of the molecule is Cc1ccc(S(=O)(=O)N[C@@H](CC(=O)N/N=C\c2c[nH]c3ccccc23)c2ccccc2)cc1. The fourth-order valence-electron chi connectivity index (χ4n) is 3.49. The van der Waals surface area contributed by atoms with Crippen LogP contribution in [0, 0.1) is 6.92 Å². The molecule has 168 valence electrons. The van der Waals surface area contributed by atoms with Gasteiger partial charge in [-0.05, 0) is 30.7 Å². The molecule has 0 saturated carbocycles.